The summed E-state index contributed by atoms with van der Waals surface area (Å²) in [5.74, 6) is -0.718. The first-order valence-corrected chi connectivity index (χ1v) is 7.11. The van der Waals surface area contributed by atoms with Crippen molar-refractivity contribution in [1.82, 2.24) is 0 Å². The highest BCUT2D eigenvalue weighted by molar-refractivity contribution is 6.01. The van der Waals surface area contributed by atoms with Crippen LogP contribution in [0.3, 0.4) is 0 Å². The fraction of sp³-hybridized carbons (Fsp3) is 0.158. The maximum absolute atomic E-state index is 12.7. The predicted molar refractivity (Wildman–Crippen MR) is 85.5 cm³/mol. The van der Waals surface area contributed by atoms with Gasteiger partial charge >= 0.3 is 5.97 Å². The largest absolute Gasteiger partial charge is 0.446 e. The van der Waals surface area contributed by atoms with Crippen molar-refractivity contribution in [3.8, 4) is 0 Å². The zero-order valence-electron chi connectivity index (χ0n) is 12.7. The van der Waals surface area contributed by atoms with Crippen LogP contribution in [0.5, 0.6) is 0 Å². The number of ether oxygens (including phenoxy) is 1. The molecule has 1 unspecified atom stereocenters. The van der Waals surface area contributed by atoms with Gasteiger partial charge in [0.1, 0.15) is 0 Å². The lowest BCUT2D eigenvalue weighted by atomic mass is 10.00. The third-order valence-corrected chi connectivity index (χ3v) is 3.38. The Kier molecular flexibility index (Phi) is 5.26. The molecule has 3 nitrogen and oxygen atoms in total. The first-order chi connectivity index (χ1) is 10.6. The van der Waals surface area contributed by atoms with Crippen LogP contribution < -0.4 is 0 Å². The van der Waals surface area contributed by atoms with E-state index in [0.717, 1.165) is 0 Å². The minimum absolute atomic E-state index is 0.232. The molecule has 2 aromatic carbocycles. The Morgan fingerprint density at radius 1 is 0.955 bits per heavy atom. The molecular formula is C19H18O3. The zero-order chi connectivity index (χ0) is 15.9. The van der Waals surface area contributed by atoms with Gasteiger partial charge in [-0.3, -0.25) is 4.79 Å². The Bertz CT molecular complexity index is 672. The number of rotatable bonds is 5. The van der Waals surface area contributed by atoms with Crippen molar-refractivity contribution in [2.45, 2.75) is 20.0 Å². The van der Waals surface area contributed by atoms with Crippen LogP contribution in [0, 0.1) is 0 Å². The summed E-state index contributed by atoms with van der Waals surface area (Å²) in [7, 11) is 0. The molecule has 0 N–H and O–H groups in total. The van der Waals surface area contributed by atoms with Crippen LogP contribution in [-0.2, 0) is 9.53 Å². The molecule has 0 amide bonds. The van der Waals surface area contributed by atoms with Crippen LogP contribution >= 0.6 is 0 Å². The van der Waals surface area contributed by atoms with Crippen LogP contribution in [0.4, 0.5) is 0 Å². The first kappa shape index (κ1) is 15.7. The third kappa shape index (κ3) is 3.70. The summed E-state index contributed by atoms with van der Waals surface area (Å²) >= 11 is 0. The molecule has 1 atom stereocenters. The molecule has 0 saturated heterocycles. The Hall–Kier alpha value is -2.68. The van der Waals surface area contributed by atoms with Gasteiger partial charge in [-0.2, -0.15) is 0 Å². The van der Waals surface area contributed by atoms with E-state index in [2.05, 4.69) is 0 Å². The summed E-state index contributed by atoms with van der Waals surface area (Å²) < 4.78 is 5.45. The quantitative estimate of drug-likeness (QED) is 0.473. The summed E-state index contributed by atoms with van der Waals surface area (Å²) in [5.41, 5.74) is 1.65. The molecular weight excluding hydrogens is 276 g/mol. The van der Waals surface area contributed by atoms with Crippen LogP contribution in [0.15, 0.2) is 72.3 Å². The monoisotopic (exact) mass is 294 g/mol. The number of carbonyl (C=O) groups is 2. The van der Waals surface area contributed by atoms with E-state index in [1.165, 1.54) is 0 Å². The zero-order valence-corrected chi connectivity index (χ0v) is 12.7. The maximum atomic E-state index is 12.7. The molecule has 0 aromatic heterocycles. The average molecular weight is 294 g/mol. The average Bonchev–Trinajstić information content (AvgIpc) is 2.59. The van der Waals surface area contributed by atoms with Gasteiger partial charge in [-0.25, -0.2) is 4.79 Å². The van der Waals surface area contributed by atoms with Gasteiger partial charge in [0.25, 0.3) is 0 Å². The van der Waals surface area contributed by atoms with Crippen LogP contribution in [0.25, 0.3) is 0 Å². The van der Waals surface area contributed by atoms with E-state index in [1.54, 1.807) is 56.3 Å². The van der Waals surface area contributed by atoms with Gasteiger partial charge in [0.15, 0.2) is 6.10 Å². The number of Topliss-reactive ketones (excluding diaryl/α,β-unsaturated/α-hetero) is 1. The van der Waals surface area contributed by atoms with Crippen molar-refractivity contribution >= 4 is 11.8 Å². The Balaban J connectivity index is 2.34. The molecule has 3 heteroatoms. The number of ketones is 1. The SMILES string of the molecule is CC=C(C)C(=O)OC(C(=O)c1ccccc1)c1ccccc1. The van der Waals surface area contributed by atoms with Crippen molar-refractivity contribution in [1.29, 1.82) is 0 Å². The van der Waals surface area contributed by atoms with Gasteiger partial charge < -0.3 is 4.74 Å². The first-order valence-electron chi connectivity index (χ1n) is 7.11. The van der Waals surface area contributed by atoms with E-state index in [4.69, 9.17) is 4.74 Å². The molecule has 0 bridgehead atoms. The summed E-state index contributed by atoms with van der Waals surface area (Å²) in [6, 6.07) is 17.9. The van der Waals surface area contributed by atoms with E-state index in [-0.39, 0.29) is 5.78 Å². The van der Waals surface area contributed by atoms with Crippen LogP contribution in [0.2, 0.25) is 0 Å². The highest BCUT2D eigenvalue weighted by Crippen LogP contribution is 2.23. The van der Waals surface area contributed by atoms with Gasteiger partial charge in [0.2, 0.25) is 5.78 Å². The molecule has 2 rings (SSSR count). The Morgan fingerprint density at radius 2 is 1.50 bits per heavy atom. The molecule has 0 fully saturated rings. The van der Waals surface area contributed by atoms with Crippen molar-refractivity contribution in [2.24, 2.45) is 0 Å². The topological polar surface area (TPSA) is 43.4 Å². The Labute approximate surface area is 130 Å². The molecule has 0 aliphatic heterocycles. The summed E-state index contributed by atoms with van der Waals surface area (Å²) in [6.45, 7) is 3.42. The van der Waals surface area contributed by atoms with Crippen LogP contribution in [-0.4, -0.2) is 11.8 Å². The normalized spacial score (nSPS) is 12.5. The van der Waals surface area contributed by atoms with Crippen molar-refractivity contribution in [3.05, 3.63) is 83.4 Å². The summed E-state index contributed by atoms with van der Waals surface area (Å²) in [6.07, 6.45) is 0.725. The fourth-order valence-electron chi connectivity index (χ4n) is 1.97. The second kappa shape index (κ2) is 7.36. The fourth-order valence-corrected chi connectivity index (χ4v) is 1.97. The number of carbonyl (C=O) groups excluding carboxylic acids is 2. The molecule has 112 valence electrons. The van der Waals surface area contributed by atoms with Crippen molar-refractivity contribution < 1.29 is 14.3 Å². The predicted octanol–water partition coefficient (Wildman–Crippen LogP) is 4.12. The molecule has 0 radical (unpaired) electrons. The molecule has 0 spiro atoms. The lowest BCUT2D eigenvalue weighted by Crippen LogP contribution is -2.20. The highest BCUT2D eigenvalue weighted by atomic mass is 16.5. The molecule has 2 aromatic rings. The van der Waals surface area contributed by atoms with E-state index in [1.807, 2.05) is 24.3 Å². The molecule has 0 saturated carbocycles. The minimum atomic E-state index is -0.939. The van der Waals surface area contributed by atoms with Gasteiger partial charge in [-0.1, -0.05) is 66.7 Å². The van der Waals surface area contributed by atoms with E-state index in [9.17, 15) is 9.59 Å². The maximum Gasteiger partial charge on any atom is 0.334 e. The molecule has 22 heavy (non-hydrogen) atoms. The van der Waals surface area contributed by atoms with Gasteiger partial charge in [-0.05, 0) is 13.8 Å². The Morgan fingerprint density at radius 3 is 2.05 bits per heavy atom. The van der Waals surface area contributed by atoms with E-state index >= 15 is 0 Å². The summed E-state index contributed by atoms with van der Waals surface area (Å²) in [5, 5.41) is 0. The second-order valence-electron chi connectivity index (χ2n) is 4.90. The lowest BCUT2D eigenvalue weighted by Gasteiger charge is -2.17. The molecule has 0 heterocycles. The lowest BCUT2D eigenvalue weighted by molar-refractivity contribution is -0.142. The van der Waals surface area contributed by atoms with E-state index < -0.39 is 12.1 Å². The number of allylic oxidation sites excluding steroid dienone is 1. The van der Waals surface area contributed by atoms with Crippen molar-refractivity contribution in [3.63, 3.8) is 0 Å². The summed E-state index contributed by atoms with van der Waals surface area (Å²) in [4.78, 5) is 24.7. The van der Waals surface area contributed by atoms with E-state index in [0.29, 0.717) is 16.7 Å². The van der Waals surface area contributed by atoms with Gasteiger partial charge in [-0.15, -0.1) is 0 Å². The number of hydrogen-bond acceptors (Lipinski definition) is 3. The standard InChI is InChI=1S/C19H18O3/c1-3-14(2)19(21)22-18(16-12-8-5-9-13-16)17(20)15-10-6-4-7-11-15/h3-13,18H,1-2H3. The second-order valence-corrected chi connectivity index (χ2v) is 4.90. The number of esters is 1. The minimum Gasteiger partial charge on any atom is -0.446 e. The van der Waals surface area contributed by atoms with Gasteiger partial charge in [0.05, 0.1) is 0 Å². The highest BCUT2D eigenvalue weighted by Gasteiger charge is 2.26. The third-order valence-electron chi connectivity index (χ3n) is 3.38. The molecule has 0 aliphatic rings. The number of benzene rings is 2. The molecule has 0 aliphatic carbocycles. The van der Waals surface area contributed by atoms with Gasteiger partial charge in [0, 0.05) is 16.7 Å². The number of hydrogen-bond donors (Lipinski definition) is 0. The smallest absolute Gasteiger partial charge is 0.334 e. The van der Waals surface area contributed by atoms with Crippen molar-refractivity contribution in [2.75, 3.05) is 0 Å². The van der Waals surface area contributed by atoms with Crippen LogP contribution in [0.1, 0.15) is 35.9 Å².